The quantitative estimate of drug-likeness (QED) is 0.900. The summed E-state index contributed by atoms with van der Waals surface area (Å²) in [6.45, 7) is 7.24. The van der Waals surface area contributed by atoms with E-state index in [2.05, 4.69) is 30.3 Å². The fraction of sp³-hybridized carbons (Fsp3) is 0.429. The van der Waals surface area contributed by atoms with Crippen molar-refractivity contribution >= 4 is 17.0 Å². The molecule has 1 aromatic heterocycles. The lowest BCUT2D eigenvalue weighted by Gasteiger charge is -2.09. The molecule has 0 unspecified atom stereocenters. The van der Waals surface area contributed by atoms with E-state index in [-0.39, 0.29) is 0 Å². The van der Waals surface area contributed by atoms with Crippen molar-refractivity contribution in [3.8, 4) is 0 Å². The highest BCUT2D eigenvalue weighted by atomic mass is 16.4. The topological polar surface area (TPSA) is 55.1 Å². The van der Waals surface area contributed by atoms with E-state index in [1.54, 1.807) is 12.1 Å². The molecule has 0 atom stereocenters. The lowest BCUT2D eigenvalue weighted by molar-refractivity contribution is 0.0697. The van der Waals surface area contributed by atoms with Gasteiger partial charge in [0.2, 0.25) is 0 Å². The normalized spacial score (nSPS) is 11.3. The number of carboxylic acid groups (broad SMARTS) is 1. The van der Waals surface area contributed by atoms with Gasteiger partial charge in [-0.25, -0.2) is 9.78 Å². The molecule has 0 aliphatic rings. The Morgan fingerprint density at radius 1 is 1.44 bits per heavy atom. The molecular weight excluding hydrogens is 228 g/mol. The standard InChI is InChI=1S/C14H18N2O2/c1-4-7-16-12-6-5-10(14(17)18)8-11(12)15-13(16)9(2)3/h5-6,8-9H,4,7H2,1-3H3,(H,17,18). The minimum Gasteiger partial charge on any atom is -0.478 e. The smallest absolute Gasteiger partial charge is 0.335 e. The number of nitrogens with zero attached hydrogens (tertiary/aromatic N) is 2. The molecule has 4 nitrogen and oxygen atoms in total. The second-order valence-electron chi connectivity index (χ2n) is 4.78. The van der Waals surface area contributed by atoms with Gasteiger partial charge in [-0.3, -0.25) is 0 Å². The molecule has 0 spiro atoms. The molecule has 2 aromatic rings. The van der Waals surface area contributed by atoms with Gasteiger partial charge in [-0.2, -0.15) is 0 Å². The highest BCUT2D eigenvalue weighted by Gasteiger charge is 2.14. The summed E-state index contributed by atoms with van der Waals surface area (Å²) in [7, 11) is 0. The van der Waals surface area contributed by atoms with Crippen LogP contribution < -0.4 is 0 Å². The van der Waals surface area contributed by atoms with Gasteiger partial charge in [0, 0.05) is 12.5 Å². The Kier molecular flexibility index (Phi) is 3.36. The molecule has 0 saturated heterocycles. The fourth-order valence-corrected chi connectivity index (χ4v) is 2.18. The number of imidazole rings is 1. The van der Waals surface area contributed by atoms with Crippen LogP contribution in [0.15, 0.2) is 18.2 Å². The van der Waals surface area contributed by atoms with Gasteiger partial charge in [-0.1, -0.05) is 20.8 Å². The Bertz CT molecular complexity index is 585. The van der Waals surface area contributed by atoms with Crippen LogP contribution in [0.3, 0.4) is 0 Å². The molecule has 0 aliphatic carbocycles. The summed E-state index contributed by atoms with van der Waals surface area (Å²) in [6.07, 6.45) is 1.03. The molecule has 0 bridgehead atoms. The number of aryl methyl sites for hydroxylation is 1. The number of benzene rings is 1. The van der Waals surface area contributed by atoms with Crippen molar-refractivity contribution in [1.82, 2.24) is 9.55 Å². The van der Waals surface area contributed by atoms with Gasteiger partial charge in [0.15, 0.2) is 0 Å². The zero-order valence-electron chi connectivity index (χ0n) is 11.0. The summed E-state index contributed by atoms with van der Waals surface area (Å²) in [4.78, 5) is 15.5. The highest BCUT2D eigenvalue weighted by Crippen LogP contribution is 2.23. The molecule has 0 fully saturated rings. The van der Waals surface area contributed by atoms with E-state index in [0.717, 1.165) is 29.8 Å². The van der Waals surface area contributed by atoms with Crippen LogP contribution in [0.4, 0.5) is 0 Å². The lowest BCUT2D eigenvalue weighted by Crippen LogP contribution is -2.04. The number of carboxylic acids is 1. The first kappa shape index (κ1) is 12.6. The minimum absolute atomic E-state index is 0.291. The Morgan fingerprint density at radius 2 is 2.17 bits per heavy atom. The predicted octanol–water partition coefficient (Wildman–Crippen LogP) is 3.27. The van der Waals surface area contributed by atoms with E-state index in [4.69, 9.17) is 5.11 Å². The van der Waals surface area contributed by atoms with E-state index >= 15 is 0 Å². The van der Waals surface area contributed by atoms with Gasteiger partial charge in [-0.05, 0) is 24.6 Å². The monoisotopic (exact) mass is 246 g/mol. The SMILES string of the molecule is CCCn1c(C(C)C)nc2cc(C(=O)O)ccc21. The average molecular weight is 246 g/mol. The Hall–Kier alpha value is -1.84. The fourth-order valence-electron chi connectivity index (χ4n) is 2.18. The van der Waals surface area contributed by atoms with Gasteiger partial charge in [0.1, 0.15) is 5.82 Å². The van der Waals surface area contributed by atoms with Crippen LogP contribution in [0.25, 0.3) is 11.0 Å². The third-order valence-corrected chi connectivity index (χ3v) is 2.99. The van der Waals surface area contributed by atoms with Crippen LogP contribution in [0.2, 0.25) is 0 Å². The second-order valence-corrected chi connectivity index (χ2v) is 4.78. The van der Waals surface area contributed by atoms with Gasteiger partial charge in [-0.15, -0.1) is 0 Å². The molecular formula is C14H18N2O2. The number of carbonyl (C=O) groups is 1. The lowest BCUT2D eigenvalue weighted by atomic mass is 10.2. The van der Waals surface area contributed by atoms with Crippen molar-refractivity contribution in [1.29, 1.82) is 0 Å². The zero-order valence-corrected chi connectivity index (χ0v) is 11.0. The van der Waals surface area contributed by atoms with Crippen molar-refractivity contribution in [3.63, 3.8) is 0 Å². The van der Waals surface area contributed by atoms with Gasteiger partial charge < -0.3 is 9.67 Å². The van der Waals surface area contributed by atoms with E-state index < -0.39 is 5.97 Å². The molecule has 0 amide bonds. The second kappa shape index (κ2) is 4.80. The van der Waals surface area contributed by atoms with Crippen molar-refractivity contribution in [2.45, 2.75) is 39.7 Å². The van der Waals surface area contributed by atoms with Crippen molar-refractivity contribution < 1.29 is 9.90 Å². The maximum atomic E-state index is 11.0. The largest absolute Gasteiger partial charge is 0.478 e. The molecule has 0 saturated carbocycles. The number of hydrogen-bond donors (Lipinski definition) is 1. The molecule has 1 N–H and O–H groups in total. The van der Waals surface area contributed by atoms with Crippen LogP contribution in [-0.2, 0) is 6.54 Å². The van der Waals surface area contributed by atoms with Crippen LogP contribution in [0.1, 0.15) is 49.3 Å². The number of aromatic carboxylic acids is 1. The number of aromatic nitrogens is 2. The summed E-state index contributed by atoms with van der Waals surface area (Å²) in [6, 6.07) is 5.14. The third-order valence-electron chi connectivity index (χ3n) is 2.99. The Balaban J connectivity index is 2.64. The van der Waals surface area contributed by atoms with Crippen molar-refractivity contribution in [3.05, 3.63) is 29.6 Å². The predicted molar refractivity (Wildman–Crippen MR) is 71.1 cm³/mol. The van der Waals surface area contributed by atoms with Crippen LogP contribution in [0, 0.1) is 0 Å². The first-order valence-corrected chi connectivity index (χ1v) is 6.28. The summed E-state index contributed by atoms with van der Waals surface area (Å²) < 4.78 is 2.19. The first-order valence-electron chi connectivity index (χ1n) is 6.28. The first-order chi connectivity index (χ1) is 8.54. The van der Waals surface area contributed by atoms with E-state index in [0.29, 0.717) is 11.5 Å². The van der Waals surface area contributed by atoms with Gasteiger partial charge in [0.25, 0.3) is 0 Å². The third kappa shape index (κ3) is 2.10. The molecule has 1 heterocycles. The highest BCUT2D eigenvalue weighted by molar-refractivity contribution is 5.92. The van der Waals surface area contributed by atoms with Gasteiger partial charge >= 0.3 is 5.97 Å². The van der Waals surface area contributed by atoms with Crippen molar-refractivity contribution in [2.75, 3.05) is 0 Å². The molecule has 18 heavy (non-hydrogen) atoms. The van der Waals surface area contributed by atoms with Crippen LogP contribution in [0.5, 0.6) is 0 Å². The maximum absolute atomic E-state index is 11.0. The van der Waals surface area contributed by atoms with Crippen LogP contribution >= 0.6 is 0 Å². The number of fused-ring (bicyclic) bond motifs is 1. The summed E-state index contributed by atoms with van der Waals surface area (Å²) in [5.74, 6) is 0.444. The molecule has 0 aliphatic heterocycles. The maximum Gasteiger partial charge on any atom is 0.335 e. The number of hydrogen-bond acceptors (Lipinski definition) is 2. The van der Waals surface area contributed by atoms with E-state index in [1.807, 2.05) is 6.07 Å². The van der Waals surface area contributed by atoms with Crippen molar-refractivity contribution in [2.24, 2.45) is 0 Å². The Morgan fingerprint density at radius 3 is 2.72 bits per heavy atom. The van der Waals surface area contributed by atoms with E-state index in [9.17, 15) is 4.79 Å². The molecule has 0 radical (unpaired) electrons. The Labute approximate surface area is 106 Å². The summed E-state index contributed by atoms with van der Waals surface area (Å²) in [5, 5.41) is 9.00. The average Bonchev–Trinajstić information content (AvgIpc) is 2.68. The summed E-state index contributed by atoms with van der Waals surface area (Å²) >= 11 is 0. The number of rotatable bonds is 4. The molecule has 4 heteroatoms. The van der Waals surface area contributed by atoms with Gasteiger partial charge in [0.05, 0.1) is 16.6 Å². The van der Waals surface area contributed by atoms with E-state index in [1.165, 1.54) is 0 Å². The molecule has 2 rings (SSSR count). The summed E-state index contributed by atoms with van der Waals surface area (Å²) in [5.41, 5.74) is 2.08. The van der Waals surface area contributed by atoms with Crippen LogP contribution in [-0.4, -0.2) is 20.6 Å². The zero-order chi connectivity index (χ0) is 13.3. The molecule has 96 valence electrons. The molecule has 1 aromatic carbocycles. The minimum atomic E-state index is -0.909.